The molecule has 152 valence electrons. The van der Waals surface area contributed by atoms with E-state index in [2.05, 4.69) is 15.6 Å². The van der Waals surface area contributed by atoms with Crippen LogP contribution in [-0.4, -0.2) is 32.4 Å². The van der Waals surface area contributed by atoms with Crippen molar-refractivity contribution in [1.82, 2.24) is 9.55 Å². The third kappa shape index (κ3) is 4.54. The monoisotopic (exact) mass is 404 g/mol. The molecule has 8 heteroatoms. The maximum Gasteiger partial charge on any atom is 0.409 e. The van der Waals surface area contributed by atoms with Crippen LogP contribution in [0.5, 0.6) is 0 Å². The Hall–Kier alpha value is -3.94. The largest absolute Gasteiger partial charge is 0.465 e. The Morgan fingerprint density at radius 2 is 1.90 bits per heavy atom. The molecular formula is C22H20N4O4. The summed E-state index contributed by atoms with van der Waals surface area (Å²) in [4.78, 5) is 40.2. The average molecular weight is 404 g/mol. The summed E-state index contributed by atoms with van der Waals surface area (Å²) in [6.07, 6.45) is 5.60. The van der Waals surface area contributed by atoms with Gasteiger partial charge in [-0.2, -0.15) is 0 Å². The average Bonchev–Trinajstić information content (AvgIpc) is 3.42. The minimum atomic E-state index is -1.22. The smallest absolute Gasteiger partial charge is 0.409 e. The van der Waals surface area contributed by atoms with Crippen molar-refractivity contribution in [3.8, 4) is 5.69 Å². The normalized spacial score (nSPS) is 12.9. The maximum absolute atomic E-state index is 12.6. The highest BCUT2D eigenvalue weighted by molar-refractivity contribution is 6.12. The third-order valence-electron chi connectivity index (χ3n) is 4.90. The Bertz CT molecular complexity index is 1100. The number of aromatic nitrogens is 2. The van der Waals surface area contributed by atoms with Gasteiger partial charge in [0.15, 0.2) is 5.78 Å². The van der Waals surface area contributed by atoms with E-state index >= 15 is 0 Å². The first-order valence-corrected chi connectivity index (χ1v) is 9.55. The summed E-state index contributed by atoms with van der Waals surface area (Å²) in [5.74, 6) is -0.401. The lowest BCUT2D eigenvalue weighted by Gasteiger charge is -2.13. The molecule has 1 saturated carbocycles. The molecule has 0 aliphatic heterocycles. The predicted molar refractivity (Wildman–Crippen MR) is 111 cm³/mol. The van der Waals surface area contributed by atoms with Crippen LogP contribution in [0.3, 0.4) is 0 Å². The number of anilines is 2. The van der Waals surface area contributed by atoms with Crippen LogP contribution < -0.4 is 10.6 Å². The standard InChI is InChI=1S/C22H20N4O4/c27-20(16-2-1-3-17(10-16)26-9-8-23-13-26)12-21(28)24-19-11-15(14-4-5-14)6-7-18(19)25-22(29)30/h1-3,6-11,13-14,25H,4-5,12H2,(H,24,28)(H,29,30). The van der Waals surface area contributed by atoms with E-state index in [1.54, 1.807) is 53.6 Å². The lowest BCUT2D eigenvalue weighted by Crippen LogP contribution is -2.18. The summed E-state index contributed by atoms with van der Waals surface area (Å²) in [7, 11) is 0. The van der Waals surface area contributed by atoms with E-state index in [4.69, 9.17) is 5.11 Å². The van der Waals surface area contributed by atoms with E-state index < -0.39 is 12.0 Å². The van der Waals surface area contributed by atoms with E-state index in [0.29, 0.717) is 17.2 Å². The van der Waals surface area contributed by atoms with Crippen LogP contribution in [0.25, 0.3) is 5.69 Å². The molecule has 2 amide bonds. The number of ketones is 1. The first-order chi connectivity index (χ1) is 14.5. The second kappa shape index (κ2) is 8.20. The number of imidazole rings is 1. The highest BCUT2D eigenvalue weighted by atomic mass is 16.4. The zero-order valence-corrected chi connectivity index (χ0v) is 16.0. The Morgan fingerprint density at radius 3 is 2.60 bits per heavy atom. The number of amides is 2. The van der Waals surface area contributed by atoms with E-state index in [0.717, 1.165) is 24.1 Å². The van der Waals surface area contributed by atoms with Crippen LogP contribution in [0.1, 0.15) is 41.1 Å². The zero-order valence-electron chi connectivity index (χ0n) is 16.0. The highest BCUT2D eigenvalue weighted by Gasteiger charge is 2.25. The molecule has 0 spiro atoms. The molecule has 0 atom stereocenters. The Morgan fingerprint density at radius 1 is 1.07 bits per heavy atom. The number of nitrogens with one attached hydrogen (secondary N) is 2. The van der Waals surface area contributed by atoms with Gasteiger partial charge < -0.3 is 15.0 Å². The van der Waals surface area contributed by atoms with Crippen LogP contribution in [-0.2, 0) is 4.79 Å². The van der Waals surface area contributed by atoms with Gasteiger partial charge in [-0.05, 0) is 48.6 Å². The van der Waals surface area contributed by atoms with Crippen LogP contribution in [0.15, 0.2) is 61.2 Å². The molecule has 1 fully saturated rings. The van der Waals surface area contributed by atoms with Gasteiger partial charge in [0.05, 0.1) is 24.1 Å². The van der Waals surface area contributed by atoms with Crippen molar-refractivity contribution in [2.45, 2.75) is 25.2 Å². The Balaban J connectivity index is 1.48. The molecule has 1 aliphatic rings. The van der Waals surface area contributed by atoms with Gasteiger partial charge >= 0.3 is 6.09 Å². The van der Waals surface area contributed by atoms with Gasteiger partial charge in [-0.1, -0.05) is 18.2 Å². The number of hydrogen-bond acceptors (Lipinski definition) is 4. The van der Waals surface area contributed by atoms with Crippen molar-refractivity contribution in [2.24, 2.45) is 0 Å². The minimum absolute atomic E-state index is 0.273. The molecule has 0 radical (unpaired) electrons. The van der Waals surface area contributed by atoms with Crippen molar-refractivity contribution < 1.29 is 19.5 Å². The number of rotatable bonds is 7. The molecule has 4 rings (SSSR count). The van der Waals surface area contributed by atoms with Crippen LogP contribution >= 0.6 is 0 Å². The first-order valence-electron chi connectivity index (χ1n) is 9.55. The zero-order chi connectivity index (χ0) is 21.1. The van der Waals surface area contributed by atoms with Gasteiger partial charge in [-0.25, -0.2) is 9.78 Å². The van der Waals surface area contributed by atoms with Gasteiger partial charge in [0.2, 0.25) is 5.91 Å². The van der Waals surface area contributed by atoms with E-state index in [9.17, 15) is 14.4 Å². The van der Waals surface area contributed by atoms with Crippen LogP contribution in [0, 0.1) is 0 Å². The SMILES string of the molecule is O=C(O)Nc1ccc(C2CC2)cc1NC(=O)CC(=O)c1cccc(-n2ccnc2)c1. The molecule has 30 heavy (non-hydrogen) atoms. The maximum atomic E-state index is 12.6. The summed E-state index contributed by atoms with van der Waals surface area (Å²) < 4.78 is 1.77. The van der Waals surface area contributed by atoms with E-state index in [-0.39, 0.29) is 17.9 Å². The molecule has 0 bridgehead atoms. The first kappa shape index (κ1) is 19.4. The summed E-state index contributed by atoms with van der Waals surface area (Å²) in [6.45, 7) is 0. The molecule has 1 aromatic heterocycles. The number of carboxylic acid groups (broad SMARTS) is 1. The van der Waals surface area contributed by atoms with Gasteiger partial charge in [-0.3, -0.25) is 14.9 Å². The number of Topliss-reactive ketones (excluding diaryl/α,β-unsaturated/α-hetero) is 1. The second-order valence-electron chi connectivity index (χ2n) is 7.18. The summed E-state index contributed by atoms with van der Waals surface area (Å²) in [6, 6.07) is 12.2. The Labute approximate surface area is 172 Å². The second-order valence-corrected chi connectivity index (χ2v) is 7.18. The van der Waals surface area contributed by atoms with Crippen molar-refractivity contribution in [1.29, 1.82) is 0 Å². The Kier molecular flexibility index (Phi) is 5.30. The number of carbonyl (C=O) groups excluding carboxylic acids is 2. The fourth-order valence-corrected chi connectivity index (χ4v) is 3.25. The molecule has 0 saturated heterocycles. The topological polar surface area (TPSA) is 113 Å². The molecule has 1 heterocycles. The quantitative estimate of drug-likeness (QED) is 0.406. The van der Waals surface area contributed by atoms with Gasteiger partial charge in [0.1, 0.15) is 0 Å². The van der Waals surface area contributed by atoms with Crippen molar-refractivity contribution in [3.05, 3.63) is 72.3 Å². The lowest BCUT2D eigenvalue weighted by molar-refractivity contribution is -0.115. The van der Waals surface area contributed by atoms with Crippen molar-refractivity contribution >= 4 is 29.2 Å². The third-order valence-corrected chi connectivity index (χ3v) is 4.90. The van der Waals surface area contributed by atoms with Crippen LogP contribution in [0.4, 0.5) is 16.2 Å². The molecule has 3 N–H and O–H groups in total. The van der Waals surface area contributed by atoms with Crippen molar-refractivity contribution in [3.63, 3.8) is 0 Å². The summed E-state index contributed by atoms with van der Waals surface area (Å²) in [5, 5.41) is 14.0. The van der Waals surface area contributed by atoms with Crippen molar-refractivity contribution in [2.75, 3.05) is 10.6 Å². The van der Waals surface area contributed by atoms with Crippen LogP contribution in [0.2, 0.25) is 0 Å². The summed E-state index contributed by atoms with van der Waals surface area (Å²) >= 11 is 0. The fourth-order valence-electron chi connectivity index (χ4n) is 3.25. The van der Waals surface area contributed by atoms with Gasteiger partial charge in [0, 0.05) is 23.6 Å². The number of nitrogens with zero attached hydrogens (tertiary/aromatic N) is 2. The molecule has 2 aromatic carbocycles. The summed E-state index contributed by atoms with van der Waals surface area (Å²) in [5.41, 5.74) is 2.85. The molecule has 1 aliphatic carbocycles. The number of benzene rings is 2. The van der Waals surface area contributed by atoms with Gasteiger partial charge in [-0.15, -0.1) is 0 Å². The van der Waals surface area contributed by atoms with E-state index in [1.165, 1.54) is 0 Å². The lowest BCUT2D eigenvalue weighted by atomic mass is 10.1. The molecular weight excluding hydrogens is 384 g/mol. The fraction of sp³-hybridized carbons (Fsp3) is 0.182. The molecule has 3 aromatic rings. The predicted octanol–water partition coefficient (Wildman–Crippen LogP) is 4.05. The number of hydrogen-bond donors (Lipinski definition) is 3. The molecule has 8 nitrogen and oxygen atoms in total. The highest BCUT2D eigenvalue weighted by Crippen LogP contribution is 2.42. The molecule has 0 unspecified atom stereocenters. The number of carbonyl (C=O) groups is 3. The van der Waals surface area contributed by atoms with E-state index in [1.807, 2.05) is 12.1 Å². The minimum Gasteiger partial charge on any atom is -0.465 e. The van der Waals surface area contributed by atoms with Gasteiger partial charge in [0.25, 0.3) is 0 Å².